The number of hydrogen-bond acceptors (Lipinski definition) is 2. The number of aryl methyl sites for hydroxylation is 3. The Morgan fingerprint density at radius 3 is 2.25 bits per heavy atom. The van der Waals surface area contributed by atoms with Crippen molar-refractivity contribution >= 4 is 15.7 Å². The maximum Gasteiger partial charge on any atom is 0.261 e. The molecule has 0 saturated carbocycles. The van der Waals surface area contributed by atoms with Crippen molar-refractivity contribution in [2.24, 2.45) is 0 Å². The van der Waals surface area contributed by atoms with Crippen molar-refractivity contribution in [2.75, 3.05) is 4.72 Å². The molecule has 2 aromatic rings. The van der Waals surface area contributed by atoms with Crippen LogP contribution in [-0.4, -0.2) is 8.42 Å². The highest BCUT2D eigenvalue weighted by atomic mass is 32.2. The third kappa shape index (κ3) is 5.10. The lowest BCUT2D eigenvalue weighted by Gasteiger charge is -2.11. The Bertz CT molecular complexity index is 765. The van der Waals surface area contributed by atoms with Gasteiger partial charge in [-0.3, -0.25) is 4.72 Å². The summed E-state index contributed by atoms with van der Waals surface area (Å²) in [5, 5.41) is 0. The van der Waals surface area contributed by atoms with E-state index in [4.69, 9.17) is 0 Å². The lowest BCUT2D eigenvalue weighted by atomic mass is 10.1. The van der Waals surface area contributed by atoms with E-state index < -0.39 is 10.0 Å². The fourth-order valence-electron chi connectivity index (χ4n) is 2.72. The molecule has 0 fully saturated rings. The van der Waals surface area contributed by atoms with Crippen molar-refractivity contribution in [1.29, 1.82) is 0 Å². The summed E-state index contributed by atoms with van der Waals surface area (Å²) in [6.07, 6.45) is 5.87. The van der Waals surface area contributed by atoms with Crippen LogP contribution in [0, 0.1) is 13.8 Å². The van der Waals surface area contributed by atoms with Gasteiger partial charge in [0.2, 0.25) is 0 Å². The zero-order chi connectivity index (χ0) is 17.6. The lowest BCUT2D eigenvalue weighted by molar-refractivity contribution is 0.601. The minimum absolute atomic E-state index is 0.305. The minimum atomic E-state index is -3.54. The topological polar surface area (TPSA) is 46.2 Å². The molecule has 0 aromatic heterocycles. The zero-order valence-electron chi connectivity index (χ0n) is 14.8. The van der Waals surface area contributed by atoms with Crippen LogP contribution in [-0.2, 0) is 16.4 Å². The average molecular weight is 346 g/mol. The van der Waals surface area contributed by atoms with Crippen LogP contribution in [0.5, 0.6) is 0 Å². The lowest BCUT2D eigenvalue weighted by Crippen LogP contribution is -2.13. The molecule has 0 aliphatic carbocycles. The van der Waals surface area contributed by atoms with Crippen LogP contribution < -0.4 is 4.72 Å². The van der Waals surface area contributed by atoms with Crippen molar-refractivity contribution in [3.05, 3.63) is 59.2 Å². The number of anilines is 1. The van der Waals surface area contributed by atoms with Gasteiger partial charge in [0.15, 0.2) is 0 Å². The number of benzene rings is 2. The van der Waals surface area contributed by atoms with Crippen molar-refractivity contribution in [2.45, 2.75) is 57.8 Å². The maximum absolute atomic E-state index is 12.5. The summed E-state index contributed by atoms with van der Waals surface area (Å²) in [4.78, 5) is 0.305. The molecule has 0 radical (unpaired) electrons. The minimum Gasteiger partial charge on any atom is -0.279 e. The van der Waals surface area contributed by atoms with Crippen LogP contribution in [0.2, 0.25) is 0 Å². The number of nitrogens with one attached hydrogen (secondary N) is 1. The summed E-state index contributed by atoms with van der Waals surface area (Å²) < 4.78 is 27.8. The largest absolute Gasteiger partial charge is 0.279 e. The number of hydrogen-bond donors (Lipinski definition) is 1. The average Bonchev–Trinajstić information content (AvgIpc) is 2.55. The molecular weight excluding hydrogens is 318 g/mol. The van der Waals surface area contributed by atoms with Gasteiger partial charge in [0.05, 0.1) is 10.6 Å². The van der Waals surface area contributed by atoms with Crippen molar-refractivity contribution in [3.63, 3.8) is 0 Å². The van der Waals surface area contributed by atoms with E-state index in [0.717, 1.165) is 24.0 Å². The van der Waals surface area contributed by atoms with E-state index in [2.05, 4.69) is 11.6 Å². The number of rotatable bonds is 8. The molecule has 0 heterocycles. The first-order valence-electron chi connectivity index (χ1n) is 8.61. The molecule has 130 valence electrons. The second-order valence-electron chi connectivity index (χ2n) is 6.38. The van der Waals surface area contributed by atoms with Gasteiger partial charge in [0.25, 0.3) is 10.0 Å². The molecule has 0 aliphatic rings. The smallest absolute Gasteiger partial charge is 0.261 e. The second-order valence-corrected chi connectivity index (χ2v) is 8.06. The Kier molecular flexibility index (Phi) is 6.44. The van der Waals surface area contributed by atoms with Gasteiger partial charge in [-0.25, -0.2) is 8.42 Å². The van der Waals surface area contributed by atoms with Gasteiger partial charge in [-0.05, 0) is 56.0 Å². The molecule has 3 nitrogen and oxygen atoms in total. The highest BCUT2D eigenvalue weighted by Crippen LogP contribution is 2.21. The van der Waals surface area contributed by atoms with Gasteiger partial charge in [0.1, 0.15) is 0 Å². The van der Waals surface area contributed by atoms with Crippen LogP contribution in [0.15, 0.2) is 47.4 Å². The molecule has 0 amide bonds. The first kappa shape index (κ1) is 18.5. The highest BCUT2D eigenvalue weighted by Gasteiger charge is 2.15. The van der Waals surface area contributed by atoms with E-state index in [1.807, 2.05) is 44.2 Å². The van der Waals surface area contributed by atoms with E-state index in [1.54, 1.807) is 12.1 Å². The van der Waals surface area contributed by atoms with Gasteiger partial charge in [0, 0.05) is 0 Å². The third-order valence-electron chi connectivity index (χ3n) is 4.18. The van der Waals surface area contributed by atoms with E-state index >= 15 is 0 Å². The molecule has 2 aromatic carbocycles. The third-order valence-corrected chi connectivity index (χ3v) is 5.56. The predicted molar refractivity (Wildman–Crippen MR) is 101 cm³/mol. The first-order chi connectivity index (χ1) is 11.4. The highest BCUT2D eigenvalue weighted by molar-refractivity contribution is 7.92. The molecule has 0 unspecified atom stereocenters. The predicted octanol–water partition coefficient (Wildman–Crippen LogP) is 5.23. The molecule has 2 rings (SSSR count). The molecule has 24 heavy (non-hydrogen) atoms. The molecule has 0 bridgehead atoms. The van der Waals surface area contributed by atoms with Crippen LogP contribution in [0.4, 0.5) is 5.69 Å². The van der Waals surface area contributed by atoms with E-state index in [9.17, 15) is 8.42 Å². The quantitative estimate of drug-likeness (QED) is 0.666. The standard InChI is InChI=1S/C20H27NO2S/c1-4-5-6-7-8-18-10-12-19(13-11-18)24(22,23)21-20-14-9-16(2)15-17(20)3/h9-15,21H,4-8H2,1-3H3. The summed E-state index contributed by atoms with van der Waals surface area (Å²) in [6.45, 7) is 6.09. The summed E-state index contributed by atoms with van der Waals surface area (Å²) in [5.41, 5.74) is 3.86. The fourth-order valence-corrected chi connectivity index (χ4v) is 3.85. The van der Waals surface area contributed by atoms with Crippen LogP contribution in [0.25, 0.3) is 0 Å². The zero-order valence-corrected chi connectivity index (χ0v) is 15.6. The molecular formula is C20H27NO2S. The summed E-state index contributed by atoms with van der Waals surface area (Å²) >= 11 is 0. The molecule has 0 saturated heterocycles. The van der Waals surface area contributed by atoms with Gasteiger partial charge in [-0.15, -0.1) is 0 Å². The molecule has 0 atom stereocenters. The van der Waals surface area contributed by atoms with Crippen LogP contribution in [0.1, 0.15) is 49.3 Å². The van der Waals surface area contributed by atoms with Crippen molar-refractivity contribution in [1.82, 2.24) is 0 Å². The van der Waals surface area contributed by atoms with Gasteiger partial charge in [-0.2, -0.15) is 0 Å². The normalized spacial score (nSPS) is 11.5. The van der Waals surface area contributed by atoms with Crippen molar-refractivity contribution in [3.8, 4) is 0 Å². The fraction of sp³-hybridized carbons (Fsp3) is 0.400. The Hall–Kier alpha value is -1.81. The summed E-state index contributed by atoms with van der Waals surface area (Å²) in [7, 11) is -3.54. The SMILES string of the molecule is CCCCCCc1ccc(S(=O)(=O)Nc2ccc(C)cc2C)cc1. The van der Waals surface area contributed by atoms with E-state index in [1.165, 1.54) is 24.8 Å². The molecule has 0 aliphatic heterocycles. The second kappa shape index (κ2) is 8.34. The Balaban J connectivity index is 2.06. The monoisotopic (exact) mass is 345 g/mol. The summed E-state index contributed by atoms with van der Waals surface area (Å²) in [6, 6.07) is 12.9. The van der Waals surface area contributed by atoms with Crippen LogP contribution >= 0.6 is 0 Å². The van der Waals surface area contributed by atoms with Gasteiger partial charge < -0.3 is 0 Å². The number of unbranched alkanes of at least 4 members (excludes halogenated alkanes) is 3. The molecule has 4 heteroatoms. The Morgan fingerprint density at radius 1 is 0.917 bits per heavy atom. The Morgan fingerprint density at radius 2 is 1.62 bits per heavy atom. The summed E-state index contributed by atoms with van der Waals surface area (Å²) in [5.74, 6) is 0. The van der Waals surface area contributed by atoms with Crippen LogP contribution in [0.3, 0.4) is 0 Å². The van der Waals surface area contributed by atoms with E-state index in [-0.39, 0.29) is 0 Å². The number of sulfonamides is 1. The van der Waals surface area contributed by atoms with E-state index in [0.29, 0.717) is 10.6 Å². The maximum atomic E-state index is 12.5. The molecule has 1 N–H and O–H groups in total. The Labute approximate surface area is 146 Å². The van der Waals surface area contributed by atoms with Gasteiger partial charge >= 0.3 is 0 Å². The first-order valence-corrected chi connectivity index (χ1v) is 10.1. The molecule has 0 spiro atoms. The van der Waals surface area contributed by atoms with Crippen molar-refractivity contribution < 1.29 is 8.42 Å². The van der Waals surface area contributed by atoms with Gasteiger partial charge in [-0.1, -0.05) is 56.0 Å².